The van der Waals surface area contributed by atoms with Crippen molar-refractivity contribution in [2.75, 3.05) is 0 Å². The Morgan fingerprint density at radius 1 is 0.789 bits per heavy atom. The number of benzene rings is 4. The van der Waals surface area contributed by atoms with Gasteiger partial charge < -0.3 is 5.32 Å². The predicted octanol–water partition coefficient (Wildman–Crippen LogP) is 7.80. The number of halogens is 1. The lowest BCUT2D eigenvalue weighted by atomic mass is 9.86. The van der Waals surface area contributed by atoms with Gasteiger partial charge in [-0.2, -0.15) is 5.26 Å². The van der Waals surface area contributed by atoms with Crippen LogP contribution in [0.3, 0.4) is 0 Å². The van der Waals surface area contributed by atoms with Gasteiger partial charge in [0.15, 0.2) is 5.78 Å². The van der Waals surface area contributed by atoms with Gasteiger partial charge >= 0.3 is 0 Å². The number of thioether (sulfide) groups is 1. The van der Waals surface area contributed by atoms with Gasteiger partial charge in [0.2, 0.25) is 0 Å². The van der Waals surface area contributed by atoms with Crippen LogP contribution in [0.2, 0.25) is 5.02 Å². The van der Waals surface area contributed by atoms with E-state index in [1.807, 2.05) is 54.6 Å². The fourth-order valence-electron chi connectivity index (χ4n) is 4.02. The molecule has 4 rings (SSSR count). The number of nitrogens with one attached hydrogen (secondary N) is 1. The molecule has 4 aromatic carbocycles. The fourth-order valence-corrected chi connectivity index (χ4v) is 5.29. The Balaban J connectivity index is 1.78. The van der Waals surface area contributed by atoms with Gasteiger partial charge in [0.25, 0.3) is 5.91 Å². The second-order valence-corrected chi connectivity index (χ2v) is 9.91. The van der Waals surface area contributed by atoms with Crippen molar-refractivity contribution in [3.63, 3.8) is 0 Å². The monoisotopic (exact) mass is 536 g/mol. The third-order valence-electron chi connectivity index (χ3n) is 5.97. The smallest absolute Gasteiger partial charge is 0.256 e. The van der Waals surface area contributed by atoms with E-state index < -0.39 is 5.92 Å². The lowest BCUT2D eigenvalue weighted by molar-refractivity contribution is 0.0966. The first-order valence-corrected chi connectivity index (χ1v) is 13.4. The van der Waals surface area contributed by atoms with Gasteiger partial charge in [-0.25, -0.2) is 0 Å². The van der Waals surface area contributed by atoms with Gasteiger partial charge in [0, 0.05) is 34.2 Å². The summed E-state index contributed by atoms with van der Waals surface area (Å²) < 4.78 is 0. The number of hydrogen-bond donors (Lipinski definition) is 1. The van der Waals surface area contributed by atoms with Crippen molar-refractivity contribution in [3.05, 3.63) is 153 Å². The molecule has 1 amide bonds. The molecule has 4 nitrogen and oxygen atoms in total. The second-order valence-electron chi connectivity index (χ2n) is 8.52. The summed E-state index contributed by atoms with van der Waals surface area (Å²) in [5.41, 5.74) is 3.00. The Hall–Kier alpha value is -4.11. The van der Waals surface area contributed by atoms with E-state index in [1.165, 1.54) is 11.8 Å². The topological polar surface area (TPSA) is 70.0 Å². The maximum atomic E-state index is 13.3. The maximum Gasteiger partial charge on any atom is 0.256 e. The number of Topliss-reactive ketones (excluding diaryl/α,β-unsaturated/α-hetero) is 1. The van der Waals surface area contributed by atoms with Crippen LogP contribution in [0.4, 0.5) is 0 Å². The predicted molar refractivity (Wildman–Crippen MR) is 154 cm³/mol. The van der Waals surface area contributed by atoms with Gasteiger partial charge in [0.05, 0.1) is 16.7 Å². The van der Waals surface area contributed by atoms with Crippen LogP contribution in [0.25, 0.3) is 0 Å². The zero-order valence-electron chi connectivity index (χ0n) is 20.5. The second kappa shape index (κ2) is 13.4. The molecule has 0 aliphatic rings. The molecule has 0 bridgehead atoms. The molecule has 0 aliphatic heterocycles. The first-order chi connectivity index (χ1) is 18.6. The number of nitrogens with zero attached hydrogens (tertiary/aromatic N) is 1. The lowest BCUT2D eigenvalue weighted by Gasteiger charge is -2.21. The quantitative estimate of drug-likeness (QED) is 0.166. The van der Waals surface area contributed by atoms with E-state index >= 15 is 0 Å². The highest BCUT2D eigenvalue weighted by atomic mass is 35.5. The summed E-state index contributed by atoms with van der Waals surface area (Å²) >= 11 is 7.94. The summed E-state index contributed by atoms with van der Waals surface area (Å²) in [5.74, 6) is -0.583. The molecule has 4 aromatic rings. The average molecular weight is 537 g/mol. The van der Waals surface area contributed by atoms with Crippen molar-refractivity contribution in [1.82, 2.24) is 5.32 Å². The third-order valence-corrected chi connectivity index (χ3v) is 7.40. The van der Waals surface area contributed by atoms with Crippen LogP contribution in [-0.4, -0.2) is 11.7 Å². The number of carbonyl (C=O) groups is 2. The van der Waals surface area contributed by atoms with Crippen molar-refractivity contribution in [1.29, 1.82) is 5.26 Å². The van der Waals surface area contributed by atoms with Gasteiger partial charge in [-0.3, -0.25) is 9.59 Å². The first-order valence-electron chi connectivity index (χ1n) is 12.1. The van der Waals surface area contributed by atoms with Gasteiger partial charge in [-0.15, -0.1) is 11.8 Å². The number of ketones is 1. The van der Waals surface area contributed by atoms with Crippen LogP contribution >= 0.6 is 23.4 Å². The highest BCUT2D eigenvalue weighted by Gasteiger charge is 2.27. The SMILES string of the molecule is N#C/C(=C(/NC(=O)c1ccccc1)SCc1ccccc1)[C@H](CC(=O)c1ccccc1)c1ccccc1Cl. The van der Waals surface area contributed by atoms with E-state index in [1.54, 1.807) is 60.7 Å². The number of hydrogen-bond acceptors (Lipinski definition) is 4. The molecular formula is C32H25ClN2O2S. The molecule has 0 aliphatic carbocycles. The van der Waals surface area contributed by atoms with E-state index in [0.29, 0.717) is 32.5 Å². The third kappa shape index (κ3) is 7.01. The van der Waals surface area contributed by atoms with Gasteiger partial charge in [-0.05, 0) is 29.3 Å². The zero-order valence-corrected chi connectivity index (χ0v) is 22.1. The molecular weight excluding hydrogens is 512 g/mol. The minimum Gasteiger partial charge on any atom is -0.316 e. The van der Waals surface area contributed by atoms with Crippen LogP contribution in [0, 0.1) is 11.3 Å². The normalized spacial score (nSPS) is 12.1. The fraction of sp³-hybridized carbons (Fsp3) is 0.0938. The van der Waals surface area contributed by atoms with Gasteiger partial charge in [0.1, 0.15) is 0 Å². The van der Waals surface area contributed by atoms with E-state index in [0.717, 1.165) is 5.56 Å². The summed E-state index contributed by atoms with van der Waals surface area (Å²) in [6.07, 6.45) is 0.0211. The average Bonchev–Trinajstić information content (AvgIpc) is 2.97. The molecule has 1 N–H and O–H groups in total. The molecule has 188 valence electrons. The molecule has 1 atom stereocenters. The molecule has 0 fully saturated rings. The van der Waals surface area contributed by atoms with Crippen LogP contribution in [0.1, 0.15) is 44.2 Å². The van der Waals surface area contributed by atoms with Crippen LogP contribution < -0.4 is 5.32 Å². The van der Waals surface area contributed by atoms with E-state index in [-0.39, 0.29) is 23.7 Å². The standard InChI is InChI=1S/C32H25ClN2O2S/c33-29-19-11-10-18-26(29)27(20-30(36)24-14-6-2-7-15-24)28(21-34)32(38-22-23-12-4-1-5-13-23)35-31(37)25-16-8-3-9-17-25/h1-19,27H,20,22H2,(H,35,37)/b32-28+/t27-/m1/s1. The van der Waals surface area contributed by atoms with E-state index in [4.69, 9.17) is 11.6 Å². The van der Waals surface area contributed by atoms with E-state index in [2.05, 4.69) is 11.4 Å². The highest BCUT2D eigenvalue weighted by Crippen LogP contribution is 2.38. The summed E-state index contributed by atoms with van der Waals surface area (Å²) in [7, 11) is 0. The zero-order chi connectivity index (χ0) is 26.7. The first kappa shape index (κ1) is 26.9. The van der Waals surface area contributed by atoms with Crippen molar-refractivity contribution in [2.24, 2.45) is 0 Å². The van der Waals surface area contributed by atoms with Crippen LogP contribution in [-0.2, 0) is 5.75 Å². The number of allylic oxidation sites excluding steroid dienone is 1. The van der Waals surface area contributed by atoms with Crippen LogP contribution in [0.15, 0.2) is 126 Å². The van der Waals surface area contributed by atoms with Crippen molar-refractivity contribution in [2.45, 2.75) is 18.1 Å². The summed E-state index contributed by atoms with van der Waals surface area (Å²) in [6.45, 7) is 0. The molecule has 0 unspecified atom stereocenters. The Bertz CT molecular complexity index is 1470. The van der Waals surface area contributed by atoms with Crippen molar-refractivity contribution in [3.8, 4) is 6.07 Å². The van der Waals surface area contributed by atoms with Crippen molar-refractivity contribution >= 4 is 35.1 Å². The number of carbonyl (C=O) groups excluding carboxylic acids is 2. The molecule has 0 heterocycles. The van der Waals surface area contributed by atoms with Crippen LogP contribution in [0.5, 0.6) is 0 Å². The highest BCUT2D eigenvalue weighted by molar-refractivity contribution is 8.02. The summed E-state index contributed by atoms with van der Waals surface area (Å²) in [6, 6.07) is 37.1. The van der Waals surface area contributed by atoms with Crippen molar-refractivity contribution < 1.29 is 9.59 Å². The molecule has 0 saturated carbocycles. The molecule has 0 spiro atoms. The molecule has 38 heavy (non-hydrogen) atoms. The Kier molecular flexibility index (Phi) is 9.53. The molecule has 6 heteroatoms. The molecule has 0 radical (unpaired) electrons. The largest absolute Gasteiger partial charge is 0.316 e. The lowest BCUT2D eigenvalue weighted by Crippen LogP contribution is -2.24. The van der Waals surface area contributed by atoms with Gasteiger partial charge in [-0.1, -0.05) is 109 Å². The minimum atomic E-state index is -0.657. The minimum absolute atomic E-state index is 0.0211. The molecule has 0 aromatic heterocycles. The Morgan fingerprint density at radius 2 is 1.34 bits per heavy atom. The number of rotatable bonds is 10. The summed E-state index contributed by atoms with van der Waals surface area (Å²) in [4.78, 5) is 26.5. The maximum absolute atomic E-state index is 13.3. The Morgan fingerprint density at radius 3 is 1.95 bits per heavy atom. The molecule has 0 saturated heterocycles. The Labute approximate surface area is 232 Å². The summed E-state index contributed by atoms with van der Waals surface area (Å²) in [5, 5.41) is 14.3. The van der Waals surface area contributed by atoms with E-state index in [9.17, 15) is 14.9 Å². The number of amides is 1. The number of nitriles is 1.